The van der Waals surface area contributed by atoms with Gasteiger partial charge in [-0.25, -0.2) is 4.39 Å². The molecule has 0 saturated heterocycles. The quantitative estimate of drug-likeness (QED) is 0.777. The molecular formula is C10H13FO2. The van der Waals surface area contributed by atoms with Crippen molar-refractivity contribution in [1.82, 2.24) is 0 Å². The summed E-state index contributed by atoms with van der Waals surface area (Å²) in [4.78, 5) is 0. The van der Waals surface area contributed by atoms with Gasteiger partial charge in [0.25, 0.3) is 0 Å². The molecule has 0 aliphatic heterocycles. The van der Waals surface area contributed by atoms with Gasteiger partial charge in [-0.2, -0.15) is 0 Å². The van der Waals surface area contributed by atoms with Crippen LogP contribution in [0.3, 0.4) is 0 Å². The van der Waals surface area contributed by atoms with E-state index in [0.717, 1.165) is 0 Å². The Hall–Kier alpha value is -1.09. The van der Waals surface area contributed by atoms with E-state index in [1.54, 1.807) is 19.1 Å². The van der Waals surface area contributed by atoms with Crippen molar-refractivity contribution >= 4 is 0 Å². The van der Waals surface area contributed by atoms with E-state index in [9.17, 15) is 4.39 Å². The Morgan fingerprint density at radius 2 is 2.23 bits per heavy atom. The van der Waals surface area contributed by atoms with Crippen LogP contribution in [-0.2, 0) is 0 Å². The molecule has 0 heterocycles. The third-order valence-electron chi connectivity index (χ3n) is 2.01. The minimum Gasteiger partial charge on any atom is -0.497 e. The van der Waals surface area contributed by atoms with Crippen LogP contribution in [0.5, 0.6) is 5.75 Å². The van der Waals surface area contributed by atoms with Crippen LogP contribution in [0.2, 0.25) is 0 Å². The van der Waals surface area contributed by atoms with E-state index in [1.165, 1.54) is 13.2 Å². The van der Waals surface area contributed by atoms with Crippen LogP contribution in [0.15, 0.2) is 18.2 Å². The molecule has 0 bridgehead atoms. The van der Waals surface area contributed by atoms with Crippen molar-refractivity contribution in [3.63, 3.8) is 0 Å². The number of methoxy groups -OCH3 is 1. The Balaban J connectivity index is 3.03. The second-order valence-electron chi connectivity index (χ2n) is 2.97. The molecule has 0 aliphatic carbocycles. The van der Waals surface area contributed by atoms with Gasteiger partial charge < -0.3 is 9.84 Å². The third-order valence-corrected chi connectivity index (χ3v) is 2.01. The van der Waals surface area contributed by atoms with Crippen LogP contribution >= 0.6 is 0 Å². The zero-order valence-corrected chi connectivity index (χ0v) is 7.75. The summed E-state index contributed by atoms with van der Waals surface area (Å²) in [6, 6.07) is 4.51. The summed E-state index contributed by atoms with van der Waals surface area (Å²) in [5.74, 6) is 0.106. The Morgan fingerprint density at radius 3 is 2.77 bits per heavy atom. The van der Waals surface area contributed by atoms with Crippen LogP contribution < -0.4 is 4.74 Å². The van der Waals surface area contributed by atoms with Crippen LogP contribution in [-0.4, -0.2) is 18.8 Å². The molecule has 1 rings (SSSR count). The Kier molecular flexibility index (Phi) is 3.25. The van der Waals surface area contributed by atoms with E-state index in [0.29, 0.717) is 11.3 Å². The van der Waals surface area contributed by atoms with E-state index >= 15 is 0 Å². The third kappa shape index (κ3) is 2.18. The summed E-state index contributed by atoms with van der Waals surface area (Å²) in [6.45, 7) is 1.70. The molecule has 13 heavy (non-hydrogen) atoms. The number of aliphatic hydroxyl groups excluding tert-OH is 1. The maximum atomic E-state index is 13.2. The first-order valence-electron chi connectivity index (χ1n) is 4.13. The number of benzene rings is 1. The molecule has 0 aliphatic rings. The van der Waals surface area contributed by atoms with Gasteiger partial charge in [-0.05, 0) is 23.8 Å². The van der Waals surface area contributed by atoms with Crippen molar-refractivity contribution in [3.8, 4) is 5.75 Å². The number of halogens is 1. The highest BCUT2D eigenvalue weighted by Crippen LogP contribution is 2.23. The second-order valence-corrected chi connectivity index (χ2v) is 2.97. The van der Waals surface area contributed by atoms with E-state index in [-0.39, 0.29) is 18.3 Å². The summed E-state index contributed by atoms with van der Waals surface area (Å²) in [6.07, 6.45) is 0. The fourth-order valence-corrected chi connectivity index (χ4v) is 1.12. The van der Waals surface area contributed by atoms with Crippen LogP contribution in [0, 0.1) is 5.82 Å². The molecular weight excluding hydrogens is 171 g/mol. The van der Waals surface area contributed by atoms with Gasteiger partial charge in [0.1, 0.15) is 11.6 Å². The molecule has 0 aromatic heterocycles. The summed E-state index contributed by atoms with van der Waals surface area (Å²) in [5, 5.41) is 8.87. The molecule has 0 radical (unpaired) electrons. The second kappa shape index (κ2) is 4.23. The Labute approximate surface area is 77.0 Å². The minimum atomic E-state index is -0.303. The molecule has 3 heteroatoms. The average Bonchev–Trinajstić information content (AvgIpc) is 2.17. The molecule has 1 unspecified atom stereocenters. The number of ether oxygens (including phenoxy) is 1. The van der Waals surface area contributed by atoms with Crippen molar-refractivity contribution in [1.29, 1.82) is 0 Å². The first-order chi connectivity index (χ1) is 6.19. The first kappa shape index (κ1) is 9.99. The lowest BCUT2D eigenvalue weighted by molar-refractivity contribution is 0.270. The van der Waals surface area contributed by atoms with E-state index in [4.69, 9.17) is 9.84 Å². The molecule has 0 fully saturated rings. The molecule has 0 saturated carbocycles. The molecule has 1 atom stereocenters. The maximum Gasteiger partial charge on any atom is 0.127 e. The predicted molar refractivity (Wildman–Crippen MR) is 48.5 cm³/mol. The Bertz CT molecular complexity index is 286. The fraction of sp³-hybridized carbons (Fsp3) is 0.400. The van der Waals surface area contributed by atoms with Gasteiger partial charge in [-0.3, -0.25) is 0 Å². The number of hydrogen-bond acceptors (Lipinski definition) is 2. The standard InChI is InChI=1S/C10H13FO2/c1-7(6-12)9-5-8(13-2)3-4-10(9)11/h3-5,7,12H,6H2,1-2H3. The van der Waals surface area contributed by atoms with Gasteiger partial charge in [-0.15, -0.1) is 0 Å². The average molecular weight is 184 g/mol. The summed E-state index contributed by atoms with van der Waals surface area (Å²) in [7, 11) is 1.53. The van der Waals surface area contributed by atoms with Crippen molar-refractivity contribution in [2.45, 2.75) is 12.8 Å². The van der Waals surface area contributed by atoms with Crippen molar-refractivity contribution < 1.29 is 14.2 Å². The van der Waals surface area contributed by atoms with E-state index in [2.05, 4.69) is 0 Å². The molecule has 0 spiro atoms. The summed E-state index contributed by atoms with van der Waals surface area (Å²) in [5.41, 5.74) is 0.488. The van der Waals surface area contributed by atoms with Crippen LogP contribution in [0.25, 0.3) is 0 Å². The summed E-state index contributed by atoms with van der Waals surface area (Å²) < 4.78 is 18.1. The zero-order valence-electron chi connectivity index (χ0n) is 7.75. The highest BCUT2D eigenvalue weighted by atomic mass is 19.1. The van der Waals surface area contributed by atoms with Crippen molar-refractivity contribution in [3.05, 3.63) is 29.6 Å². The van der Waals surface area contributed by atoms with E-state index < -0.39 is 0 Å². The fourth-order valence-electron chi connectivity index (χ4n) is 1.12. The lowest BCUT2D eigenvalue weighted by Crippen LogP contribution is -2.02. The van der Waals surface area contributed by atoms with Crippen LogP contribution in [0.4, 0.5) is 4.39 Å². The normalized spacial score (nSPS) is 12.6. The van der Waals surface area contributed by atoms with Gasteiger partial charge >= 0.3 is 0 Å². The monoisotopic (exact) mass is 184 g/mol. The topological polar surface area (TPSA) is 29.5 Å². The van der Waals surface area contributed by atoms with Gasteiger partial charge in [0.05, 0.1) is 7.11 Å². The van der Waals surface area contributed by atoms with Gasteiger partial charge in [0, 0.05) is 12.5 Å². The molecule has 1 aromatic carbocycles. The highest BCUT2D eigenvalue weighted by molar-refractivity contribution is 5.31. The van der Waals surface area contributed by atoms with E-state index in [1.807, 2.05) is 0 Å². The molecule has 1 aromatic rings. The number of rotatable bonds is 3. The summed E-state index contributed by atoms with van der Waals surface area (Å²) >= 11 is 0. The smallest absolute Gasteiger partial charge is 0.127 e. The molecule has 1 N–H and O–H groups in total. The SMILES string of the molecule is COc1ccc(F)c(C(C)CO)c1. The minimum absolute atomic E-state index is 0.0654. The predicted octanol–water partition coefficient (Wildman–Crippen LogP) is 1.93. The lowest BCUT2D eigenvalue weighted by Gasteiger charge is -2.10. The zero-order chi connectivity index (χ0) is 9.84. The van der Waals surface area contributed by atoms with Crippen LogP contribution in [0.1, 0.15) is 18.4 Å². The number of hydrogen-bond donors (Lipinski definition) is 1. The van der Waals surface area contributed by atoms with Crippen molar-refractivity contribution in [2.24, 2.45) is 0 Å². The highest BCUT2D eigenvalue weighted by Gasteiger charge is 2.10. The largest absolute Gasteiger partial charge is 0.497 e. The van der Waals surface area contributed by atoms with Gasteiger partial charge in [0.15, 0.2) is 0 Å². The lowest BCUT2D eigenvalue weighted by atomic mass is 10.0. The van der Waals surface area contributed by atoms with Gasteiger partial charge in [0.2, 0.25) is 0 Å². The van der Waals surface area contributed by atoms with Crippen molar-refractivity contribution in [2.75, 3.05) is 13.7 Å². The molecule has 0 amide bonds. The maximum absolute atomic E-state index is 13.2. The van der Waals surface area contributed by atoms with Gasteiger partial charge in [-0.1, -0.05) is 6.92 Å². The number of aliphatic hydroxyl groups is 1. The first-order valence-corrected chi connectivity index (χ1v) is 4.13. The molecule has 72 valence electrons. The molecule has 2 nitrogen and oxygen atoms in total. The Morgan fingerprint density at radius 1 is 1.54 bits per heavy atom.